The molecule has 0 saturated carbocycles. The van der Waals surface area contributed by atoms with Gasteiger partial charge in [0.1, 0.15) is 5.83 Å². The third-order valence-corrected chi connectivity index (χ3v) is 3.61. The molecule has 1 saturated heterocycles. The summed E-state index contributed by atoms with van der Waals surface area (Å²) < 4.78 is 39.4. The Kier molecular flexibility index (Phi) is 2.86. The van der Waals surface area contributed by atoms with E-state index >= 15 is 0 Å². The monoisotopic (exact) mass is 231 g/mol. The van der Waals surface area contributed by atoms with Crippen molar-refractivity contribution in [2.75, 3.05) is 0 Å². The standard InChI is InChI=1S/C12H16F3N/c1-7-3-4-10(16-7)12(2)5-8(13)11(15)9(14)6-12/h5,7,10,16H,3-4,6H2,1-2H3/t7-,10-,12?/m0/s1. The van der Waals surface area contributed by atoms with Crippen molar-refractivity contribution in [2.24, 2.45) is 5.41 Å². The normalized spacial score (nSPS) is 40.2. The molecule has 90 valence electrons. The smallest absolute Gasteiger partial charge is 0.189 e. The van der Waals surface area contributed by atoms with Crippen molar-refractivity contribution in [1.82, 2.24) is 5.32 Å². The summed E-state index contributed by atoms with van der Waals surface area (Å²) >= 11 is 0. The molecule has 0 aromatic heterocycles. The molecule has 0 aromatic carbocycles. The second-order valence-electron chi connectivity index (χ2n) is 5.09. The van der Waals surface area contributed by atoms with Gasteiger partial charge in [0.05, 0.1) is 0 Å². The van der Waals surface area contributed by atoms with Crippen LogP contribution in [-0.2, 0) is 0 Å². The van der Waals surface area contributed by atoms with E-state index in [0.717, 1.165) is 12.8 Å². The van der Waals surface area contributed by atoms with E-state index in [2.05, 4.69) is 5.32 Å². The number of allylic oxidation sites excluding steroid dienone is 3. The Morgan fingerprint density at radius 1 is 1.31 bits per heavy atom. The number of halogens is 3. The predicted octanol–water partition coefficient (Wildman–Crippen LogP) is 3.54. The average Bonchev–Trinajstić information content (AvgIpc) is 2.62. The van der Waals surface area contributed by atoms with E-state index in [1.165, 1.54) is 6.08 Å². The maximum absolute atomic E-state index is 13.3. The van der Waals surface area contributed by atoms with Crippen molar-refractivity contribution in [3.8, 4) is 0 Å². The summed E-state index contributed by atoms with van der Waals surface area (Å²) in [5, 5.41) is 3.30. The largest absolute Gasteiger partial charge is 0.311 e. The molecule has 0 spiro atoms. The maximum Gasteiger partial charge on any atom is 0.189 e. The van der Waals surface area contributed by atoms with Crippen LogP contribution in [0.25, 0.3) is 0 Å². The number of nitrogens with one attached hydrogen (secondary N) is 1. The van der Waals surface area contributed by atoms with Gasteiger partial charge in [0.15, 0.2) is 11.7 Å². The zero-order valence-corrected chi connectivity index (χ0v) is 9.49. The Bertz CT molecular complexity index is 361. The number of hydrogen-bond donors (Lipinski definition) is 1. The molecule has 1 aliphatic carbocycles. The van der Waals surface area contributed by atoms with Crippen LogP contribution in [0.4, 0.5) is 13.2 Å². The van der Waals surface area contributed by atoms with Gasteiger partial charge in [-0.05, 0) is 25.8 Å². The fourth-order valence-electron chi connectivity index (χ4n) is 2.62. The van der Waals surface area contributed by atoms with E-state index in [-0.39, 0.29) is 12.5 Å². The first kappa shape index (κ1) is 11.7. The van der Waals surface area contributed by atoms with Gasteiger partial charge < -0.3 is 5.32 Å². The molecular formula is C12H16F3N. The molecule has 3 atom stereocenters. The van der Waals surface area contributed by atoms with E-state index in [0.29, 0.717) is 6.04 Å². The third-order valence-electron chi connectivity index (χ3n) is 3.61. The summed E-state index contributed by atoms with van der Waals surface area (Å²) in [6.07, 6.45) is 3.03. The summed E-state index contributed by atoms with van der Waals surface area (Å²) in [5.41, 5.74) is -0.658. The van der Waals surface area contributed by atoms with Gasteiger partial charge in [-0.25, -0.2) is 13.2 Å². The van der Waals surface area contributed by atoms with E-state index < -0.39 is 22.9 Å². The second kappa shape index (κ2) is 3.91. The molecule has 1 nitrogen and oxygen atoms in total. The first-order valence-corrected chi connectivity index (χ1v) is 5.61. The molecule has 2 rings (SSSR count). The summed E-state index contributed by atoms with van der Waals surface area (Å²) in [4.78, 5) is 0. The Labute approximate surface area is 93.4 Å². The Hall–Kier alpha value is -0.770. The first-order valence-electron chi connectivity index (χ1n) is 5.61. The molecule has 0 radical (unpaired) electrons. The maximum atomic E-state index is 13.3. The second-order valence-corrected chi connectivity index (χ2v) is 5.09. The summed E-state index contributed by atoms with van der Waals surface area (Å²) in [7, 11) is 0. The molecule has 1 unspecified atom stereocenters. The van der Waals surface area contributed by atoms with Crippen molar-refractivity contribution in [3.63, 3.8) is 0 Å². The van der Waals surface area contributed by atoms with Gasteiger partial charge in [-0.3, -0.25) is 0 Å². The molecule has 4 heteroatoms. The van der Waals surface area contributed by atoms with E-state index in [4.69, 9.17) is 0 Å². The lowest BCUT2D eigenvalue weighted by molar-refractivity contribution is 0.258. The van der Waals surface area contributed by atoms with Crippen molar-refractivity contribution in [2.45, 2.75) is 45.2 Å². The molecule has 0 amide bonds. The average molecular weight is 231 g/mol. The molecule has 1 aliphatic heterocycles. The SMILES string of the molecule is C[C@H]1CC[C@@H](C2(C)C=C(F)C(F)=C(F)C2)N1. The van der Waals surface area contributed by atoms with Crippen LogP contribution in [-0.4, -0.2) is 12.1 Å². The molecule has 0 aromatic rings. The topological polar surface area (TPSA) is 12.0 Å². The zero-order chi connectivity index (χ0) is 11.9. The molecule has 16 heavy (non-hydrogen) atoms. The van der Waals surface area contributed by atoms with Crippen LogP contribution in [0.5, 0.6) is 0 Å². The highest BCUT2D eigenvalue weighted by molar-refractivity contribution is 5.31. The summed E-state index contributed by atoms with van der Waals surface area (Å²) in [6, 6.07) is 0.379. The lowest BCUT2D eigenvalue weighted by atomic mass is 9.75. The minimum atomic E-state index is -1.33. The van der Waals surface area contributed by atoms with E-state index in [1.54, 1.807) is 6.92 Å². The van der Waals surface area contributed by atoms with Gasteiger partial charge in [-0.1, -0.05) is 6.92 Å². The van der Waals surface area contributed by atoms with Crippen LogP contribution in [0.15, 0.2) is 23.6 Å². The minimum Gasteiger partial charge on any atom is -0.311 e. The molecule has 2 aliphatic rings. The van der Waals surface area contributed by atoms with Crippen LogP contribution >= 0.6 is 0 Å². The predicted molar refractivity (Wildman–Crippen MR) is 56.8 cm³/mol. The quantitative estimate of drug-likeness (QED) is 0.727. The first-order chi connectivity index (χ1) is 7.42. The number of hydrogen-bond acceptors (Lipinski definition) is 1. The Morgan fingerprint density at radius 2 is 2.00 bits per heavy atom. The van der Waals surface area contributed by atoms with Crippen LogP contribution < -0.4 is 5.32 Å². The Balaban J connectivity index is 2.22. The summed E-state index contributed by atoms with van der Waals surface area (Å²) in [5.74, 6) is -3.36. The van der Waals surface area contributed by atoms with Gasteiger partial charge in [0.2, 0.25) is 0 Å². The van der Waals surface area contributed by atoms with Crippen LogP contribution in [0, 0.1) is 5.41 Å². The lowest BCUT2D eigenvalue weighted by Crippen LogP contribution is -2.41. The van der Waals surface area contributed by atoms with Crippen molar-refractivity contribution in [1.29, 1.82) is 0 Å². The lowest BCUT2D eigenvalue weighted by Gasteiger charge is -2.34. The van der Waals surface area contributed by atoms with Gasteiger partial charge in [-0.2, -0.15) is 0 Å². The molecule has 1 fully saturated rings. The zero-order valence-electron chi connectivity index (χ0n) is 9.49. The third kappa shape index (κ3) is 1.90. The van der Waals surface area contributed by atoms with Gasteiger partial charge in [-0.15, -0.1) is 0 Å². The molecule has 1 heterocycles. The molecular weight excluding hydrogens is 215 g/mol. The minimum absolute atomic E-state index is 0.0205. The van der Waals surface area contributed by atoms with Gasteiger partial charge in [0, 0.05) is 23.9 Å². The Morgan fingerprint density at radius 3 is 2.50 bits per heavy atom. The van der Waals surface area contributed by atoms with Crippen LogP contribution in [0.1, 0.15) is 33.1 Å². The van der Waals surface area contributed by atoms with Crippen LogP contribution in [0.3, 0.4) is 0 Å². The summed E-state index contributed by atoms with van der Waals surface area (Å²) in [6.45, 7) is 3.81. The van der Waals surface area contributed by atoms with Gasteiger partial charge in [0.25, 0.3) is 0 Å². The molecule has 0 bridgehead atoms. The fraction of sp³-hybridized carbons (Fsp3) is 0.667. The molecule has 1 N–H and O–H groups in total. The highest BCUT2D eigenvalue weighted by atomic mass is 19.2. The van der Waals surface area contributed by atoms with E-state index in [1.807, 2.05) is 6.92 Å². The van der Waals surface area contributed by atoms with Crippen LogP contribution in [0.2, 0.25) is 0 Å². The van der Waals surface area contributed by atoms with Crippen molar-refractivity contribution in [3.05, 3.63) is 23.6 Å². The fourth-order valence-corrected chi connectivity index (χ4v) is 2.62. The van der Waals surface area contributed by atoms with Crippen molar-refractivity contribution >= 4 is 0 Å². The van der Waals surface area contributed by atoms with Crippen molar-refractivity contribution < 1.29 is 13.2 Å². The number of rotatable bonds is 1. The van der Waals surface area contributed by atoms with Gasteiger partial charge >= 0.3 is 0 Å². The van der Waals surface area contributed by atoms with E-state index in [9.17, 15) is 13.2 Å². The highest BCUT2D eigenvalue weighted by Gasteiger charge is 2.41. The highest BCUT2D eigenvalue weighted by Crippen LogP contribution is 2.43.